The maximum Gasteiger partial charge on any atom is 0.0689 e. The Morgan fingerprint density at radius 3 is 2.28 bits per heavy atom. The Hall–Kier alpha value is -1.24. The molecule has 29 heavy (non-hydrogen) atoms. The van der Waals surface area contributed by atoms with E-state index in [9.17, 15) is 0 Å². The second-order valence-corrected chi connectivity index (χ2v) is 10.7. The van der Waals surface area contributed by atoms with Crippen LogP contribution >= 0.6 is 46.0 Å². The summed E-state index contributed by atoms with van der Waals surface area (Å²) in [6.45, 7) is 0. The van der Waals surface area contributed by atoms with Crippen molar-refractivity contribution >= 4 is 77.5 Å². The molecule has 0 unspecified atom stereocenters. The molecule has 5 rings (SSSR count). The van der Waals surface area contributed by atoms with E-state index in [2.05, 4.69) is 92.9 Å². The van der Waals surface area contributed by atoms with Crippen LogP contribution in [0, 0.1) is 0 Å². The highest BCUT2D eigenvalue weighted by Gasteiger charge is 2.21. The minimum absolute atomic E-state index is 0.735. The zero-order chi connectivity index (χ0) is 19.8. The van der Waals surface area contributed by atoms with Crippen molar-refractivity contribution in [3.63, 3.8) is 0 Å². The van der Waals surface area contributed by atoms with Gasteiger partial charge in [-0.25, -0.2) is 0 Å². The Labute approximate surface area is 195 Å². The summed E-state index contributed by atoms with van der Waals surface area (Å²) < 4.78 is 5.21. The molecular weight excluding hydrogens is 505 g/mol. The molecule has 1 aromatic heterocycles. The summed E-state index contributed by atoms with van der Waals surface area (Å²) in [6.07, 6.45) is 8.98. The number of thiophene rings is 1. The van der Waals surface area contributed by atoms with Crippen LogP contribution in [0.1, 0.15) is 43.6 Å². The smallest absolute Gasteiger partial charge is 0.0689 e. The van der Waals surface area contributed by atoms with E-state index in [-0.39, 0.29) is 0 Å². The first-order valence-corrected chi connectivity index (χ1v) is 13.3. The van der Waals surface area contributed by atoms with Crippen molar-refractivity contribution < 1.29 is 0 Å². The SMILES string of the molecule is CSc1ccc(N(I)c2cccc3c2sc2c(C4CCCCC4)cccc23)cc1. The van der Waals surface area contributed by atoms with Gasteiger partial charge in [-0.3, -0.25) is 3.11 Å². The molecule has 3 aromatic carbocycles. The van der Waals surface area contributed by atoms with E-state index >= 15 is 0 Å². The van der Waals surface area contributed by atoms with Gasteiger partial charge in [0.1, 0.15) is 0 Å². The number of hydrogen-bond acceptors (Lipinski definition) is 3. The predicted molar refractivity (Wildman–Crippen MR) is 140 cm³/mol. The minimum Gasteiger partial charge on any atom is -0.282 e. The van der Waals surface area contributed by atoms with E-state index in [0.29, 0.717) is 0 Å². The third kappa shape index (κ3) is 3.68. The lowest BCUT2D eigenvalue weighted by atomic mass is 9.84. The fraction of sp³-hybridized carbons (Fsp3) is 0.280. The lowest BCUT2D eigenvalue weighted by molar-refractivity contribution is 0.446. The van der Waals surface area contributed by atoms with Crippen LogP contribution in [0.5, 0.6) is 0 Å². The zero-order valence-electron chi connectivity index (χ0n) is 16.5. The molecule has 0 radical (unpaired) electrons. The number of halogens is 1. The van der Waals surface area contributed by atoms with Crippen LogP contribution in [0.4, 0.5) is 11.4 Å². The lowest BCUT2D eigenvalue weighted by Crippen LogP contribution is -2.04. The van der Waals surface area contributed by atoms with Gasteiger partial charge in [0, 0.05) is 20.4 Å². The first-order valence-electron chi connectivity index (χ1n) is 10.3. The van der Waals surface area contributed by atoms with E-state index in [0.717, 1.165) is 5.92 Å². The quantitative estimate of drug-likeness (QED) is 0.147. The Balaban J connectivity index is 1.63. The van der Waals surface area contributed by atoms with Crippen molar-refractivity contribution in [3.8, 4) is 0 Å². The summed E-state index contributed by atoms with van der Waals surface area (Å²) in [6, 6.07) is 22.6. The van der Waals surface area contributed by atoms with Crippen LogP contribution in [0.2, 0.25) is 0 Å². The number of anilines is 2. The van der Waals surface area contributed by atoms with Gasteiger partial charge in [0.2, 0.25) is 0 Å². The average molecular weight is 530 g/mol. The second-order valence-electron chi connectivity index (χ2n) is 7.79. The average Bonchev–Trinajstić information content (AvgIpc) is 3.18. The van der Waals surface area contributed by atoms with E-state index in [1.165, 1.54) is 68.5 Å². The molecule has 0 aliphatic heterocycles. The third-order valence-electron chi connectivity index (χ3n) is 6.09. The minimum atomic E-state index is 0.735. The largest absolute Gasteiger partial charge is 0.282 e. The van der Waals surface area contributed by atoms with Gasteiger partial charge in [-0.05, 0) is 60.9 Å². The van der Waals surface area contributed by atoms with Gasteiger partial charge in [-0.1, -0.05) is 49.6 Å². The van der Waals surface area contributed by atoms with Crippen LogP contribution < -0.4 is 3.11 Å². The molecule has 1 saturated carbocycles. The molecule has 4 aromatic rings. The van der Waals surface area contributed by atoms with E-state index in [4.69, 9.17) is 0 Å². The molecular formula is C25H24INS2. The molecule has 1 heterocycles. The van der Waals surface area contributed by atoms with E-state index in [1.807, 2.05) is 11.3 Å². The van der Waals surface area contributed by atoms with Gasteiger partial charge in [-0.15, -0.1) is 23.1 Å². The zero-order valence-corrected chi connectivity index (χ0v) is 20.3. The van der Waals surface area contributed by atoms with Crippen molar-refractivity contribution in [2.75, 3.05) is 9.37 Å². The number of rotatable bonds is 4. The molecule has 0 N–H and O–H groups in total. The summed E-state index contributed by atoms with van der Waals surface area (Å²) in [5, 5.41) is 2.82. The van der Waals surface area contributed by atoms with Crippen LogP contribution in [0.15, 0.2) is 65.6 Å². The molecule has 4 heteroatoms. The fourth-order valence-corrected chi connectivity index (χ4v) is 7.26. The van der Waals surface area contributed by atoms with Crippen molar-refractivity contribution in [1.82, 2.24) is 0 Å². The molecule has 0 amide bonds. The lowest BCUT2D eigenvalue weighted by Gasteiger charge is -2.22. The molecule has 0 bridgehead atoms. The van der Waals surface area contributed by atoms with Gasteiger partial charge in [-0.2, -0.15) is 0 Å². The molecule has 148 valence electrons. The summed E-state index contributed by atoms with van der Waals surface area (Å²) in [4.78, 5) is 1.30. The van der Waals surface area contributed by atoms with Gasteiger partial charge in [0.05, 0.1) is 38.9 Å². The highest BCUT2D eigenvalue weighted by Crippen LogP contribution is 2.46. The summed E-state index contributed by atoms with van der Waals surface area (Å²) in [5.74, 6) is 0.735. The number of nitrogens with zero attached hydrogens (tertiary/aromatic N) is 1. The van der Waals surface area contributed by atoms with E-state index < -0.39 is 0 Å². The maximum absolute atomic E-state index is 2.45. The Morgan fingerprint density at radius 2 is 1.55 bits per heavy atom. The molecule has 0 atom stereocenters. The normalized spacial score (nSPS) is 15.2. The summed E-state index contributed by atoms with van der Waals surface area (Å²) >= 11 is 6.23. The first-order chi connectivity index (χ1) is 14.3. The Morgan fingerprint density at radius 1 is 0.862 bits per heavy atom. The predicted octanol–water partition coefficient (Wildman–Crippen LogP) is 9.31. The fourth-order valence-electron chi connectivity index (χ4n) is 4.57. The summed E-state index contributed by atoms with van der Waals surface area (Å²) in [7, 11) is 0. The van der Waals surface area contributed by atoms with E-state index in [1.54, 1.807) is 17.3 Å². The van der Waals surface area contributed by atoms with Gasteiger partial charge < -0.3 is 0 Å². The highest BCUT2D eigenvalue weighted by atomic mass is 127. The van der Waals surface area contributed by atoms with Crippen molar-refractivity contribution in [3.05, 3.63) is 66.2 Å². The van der Waals surface area contributed by atoms with Crippen LogP contribution in [-0.2, 0) is 0 Å². The number of thioether (sulfide) groups is 1. The van der Waals surface area contributed by atoms with Gasteiger partial charge in [0.25, 0.3) is 0 Å². The van der Waals surface area contributed by atoms with Crippen LogP contribution in [0.3, 0.4) is 0 Å². The second kappa shape index (κ2) is 8.48. The molecule has 1 aliphatic rings. The number of hydrogen-bond donors (Lipinski definition) is 0. The van der Waals surface area contributed by atoms with Gasteiger partial charge >= 0.3 is 0 Å². The topological polar surface area (TPSA) is 3.24 Å². The maximum atomic E-state index is 2.45. The first kappa shape index (κ1) is 19.7. The van der Waals surface area contributed by atoms with Crippen LogP contribution in [0.25, 0.3) is 20.2 Å². The van der Waals surface area contributed by atoms with Crippen molar-refractivity contribution in [2.45, 2.75) is 42.9 Å². The van der Waals surface area contributed by atoms with Crippen LogP contribution in [-0.4, -0.2) is 6.26 Å². The Bertz CT molecular complexity index is 1140. The molecule has 1 nitrogen and oxygen atoms in total. The number of benzene rings is 3. The molecule has 0 saturated heterocycles. The highest BCUT2D eigenvalue weighted by molar-refractivity contribution is 14.1. The standard InChI is InChI=1S/C25H24INS2/c1-28-19-15-13-18(14-16-19)27(26)23-12-6-11-22-21-10-5-9-20(24(21)29-25(22)23)17-7-3-2-4-8-17/h5-6,9-17H,2-4,7-8H2,1H3. The third-order valence-corrected chi connectivity index (χ3v) is 9.20. The van der Waals surface area contributed by atoms with Gasteiger partial charge in [0.15, 0.2) is 0 Å². The molecule has 1 fully saturated rings. The molecule has 0 spiro atoms. The van der Waals surface area contributed by atoms with Crippen molar-refractivity contribution in [2.24, 2.45) is 0 Å². The number of fused-ring (bicyclic) bond motifs is 3. The summed E-state index contributed by atoms with van der Waals surface area (Å²) in [5.41, 5.74) is 4.09. The monoisotopic (exact) mass is 529 g/mol. The van der Waals surface area contributed by atoms with Crippen molar-refractivity contribution in [1.29, 1.82) is 0 Å². The molecule has 1 aliphatic carbocycles. The Kier molecular flexibility index (Phi) is 5.76.